The van der Waals surface area contributed by atoms with Crippen LogP contribution in [0.1, 0.15) is 48.5 Å². The summed E-state index contributed by atoms with van der Waals surface area (Å²) in [7, 11) is 0. The van der Waals surface area contributed by atoms with Gasteiger partial charge in [-0.05, 0) is 0 Å². The molecule has 4 heteroatoms. The SMILES string of the molecule is CC1=C(C)C(C)(NC(C)(C)C)C([CH]2[CH2][Ti+2]2)=C1C.[Cl-].[Cl-]. The molecule has 0 saturated carbocycles. The Morgan fingerprint density at radius 2 is 1.58 bits per heavy atom. The second-order valence-electron chi connectivity index (χ2n) is 6.75. The summed E-state index contributed by atoms with van der Waals surface area (Å²) in [6.45, 7) is 16.1. The molecule has 2 atom stereocenters. The largest absolute Gasteiger partial charge is 1.00 e. The van der Waals surface area contributed by atoms with Gasteiger partial charge in [-0.15, -0.1) is 0 Å². The van der Waals surface area contributed by atoms with Crippen LogP contribution in [0.3, 0.4) is 0 Å². The third-order valence-electron chi connectivity index (χ3n) is 4.20. The van der Waals surface area contributed by atoms with Crippen molar-refractivity contribution in [2.75, 3.05) is 0 Å². The smallest absolute Gasteiger partial charge is 1.00 e. The fourth-order valence-corrected chi connectivity index (χ4v) is 4.83. The van der Waals surface area contributed by atoms with Gasteiger partial charge in [0.2, 0.25) is 0 Å². The molecule has 1 fully saturated rings. The zero-order valence-corrected chi connectivity index (χ0v) is 16.1. The zero-order valence-electron chi connectivity index (χ0n) is 13.0. The van der Waals surface area contributed by atoms with Gasteiger partial charge in [0.25, 0.3) is 0 Å². The summed E-state index contributed by atoms with van der Waals surface area (Å²) in [5.41, 5.74) is 6.66. The third-order valence-corrected chi connectivity index (χ3v) is 5.93. The van der Waals surface area contributed by atoms with Crippen molar-refractivity contribution in [2.24, 2.45) is 0 Å². The summed E-state index contributed by atoms with van der Waals surface area (Å²) in [5.74, 6) is 0. The molecule has 108 valence electrons. The molecule has 1 saturated heterocycles. The van der Waals surface area contributed by atoms with Gasteiger partial charge in [-0.1, -0.05) is 0 Å². The van der Waals surface area contributed by atoms with Crippen LogP contribution in [0.4, 0.5) is 0 Å². The van der Waals surface area contributed by atoms with Crippen LogP contribution in [0.25, 0.3) is 0 Å². The summed E-state index contributed by atoms with van der Waals surface area (Å²) in [6.07, 6.45) is 0. The van der Waals surface area contributed by atoms with Gasteiger partial charge in [0.15, 0.2) is 0 Å². The number of nitrogens with one attached hydrogen (secondary N) is 1. The van der Waals surface area contributed by atoms with Crippen molar-refractivity contribution < 1.29 is 44.0 Å². The Bertz CT molecular complexity index is 416. The molecule has 19 heavy (non-hydrogen) atoms. The van der Waals surface area contributed by atoms with E-state index in [-0.39, 0.29) is 35.9 Å². The van der Waals surface area contributed by atoms with Crippen LogP contribution < -0.4 is 30.1 Å². The molecule has 1 aliphatic carbocycles. The fraction of sp³-hybridized carbons (Fsp3) is 0.733. The Morgan fingerprint density at radius 1 is 1.11 bits per heavy atom. The number of hydrogen-bond donors (Lipinski definition) is 1. The van der Waals surface area contributed by atoms with Crippen molar-refractivity contribution in [2.45, 2.75) is 68.5 Å². The fourth-order valence-electron chi connectivity index (χ4n) is 3.22. The topological polar surface area (TPSA) is 12.0 Å². The maximum absolute atomic E-state index is 3.88. The molecule has 1 N–H and O–H groups in total. The molecular weight excluding hydrogens is 313 g/mol. The Kier molecular flexibility index (Phi) is 6.48. The minimum atomic E-state index is 0. The van der Waals surface area contributed by atoms with Gasteiger partial charge in [0.05, 0.1) is 0 Å². The summed E-state index contributed by atoms with van der Waals surface area (Å²) in [6, 6.07) is 0. The summed E-state index contributed by atoms with van der Waals surface area (Å²) in [5, 5.41) is 3.88. The molecule has 1 nitrogen and oxygen atoms in total. The van der Waals surface area contributed by atoms with Crippen LogP contribution in [0.15, 0.2) is 22.3 Å². The van der Waals surface area contributed by atoms with E-state index in [0.29, 0.717) is 19.2 Å². The standard InChI is InChI=1S/C15H25N.2ClH.Ti/c1-9-13-11(3)10(2)12(4)15(13,8)16-14(5,6)7;;;/h9,16H,1H2,2-8H3;2*1H;/q;;;+2/p-2. The molecule has 0 aromatic carbocycles. The Morgan fingerprint density at radius 3 is 1.95 bits per heavy atom. The van der Waals surface area contributed by atoms with Crippen molar-refractivity contribution in [1.82, 2.24) is 5.32 Å². The van der Waals surface area contributed by atoms with Crippen LogP contribution in [0, 0.1) is 0 Å². The van der Waals surface area contributed by atoms with E-state index in [4.69, 9.17) is 0 Å². The van der Waals surface area contributed by atoms with Gasteiger partial charge in [-0.25, -0.2) is 0 Å². The van der Waals surface area contributed by atoms with Gasteiger partial charge in [0, 0.05) is 0 Å². The number of rotatable bonds is 2. The summed E-state index contributed by atoms with van der Waals surface area (Å²) < 4.78 is 2.47. The molecule has 2 rings (SSSR count). The number of allylic oxidation sites excluding steroid dienone is 2. The molecule has 2 aliphatic rings. The maximum Gasteiger partial charge on any atom is -1.00 e. The Labute approximate surface area is 139 Å². The molecule has 2 unspecified atom stereocenters. The molecule has 0 spiro atoms. The minimum Gasteiger partial charge on any atom is -1.00 e. The van der Waals surface area contributed by atoms with E-state index >= 15 is 0 Å². The Balaban J connectivity index is 0.00000162. The van der Waals surface area contributed by atoms with Crippen LogP contribution >= 0.6 is 0 Å². The van der Waals surface area contributed by atoms with Crippen LogP contribution in [0.2, 0.25) is 8.95 Å². The molecule has 1 heterocycles. The monoisotopic (exact) mass is 337 g/mol. The molecule has 1 aliphatic heterocycles. The van der Waals surface area contributed by atoms with E-state index in [2.05, 4.69) is 53.8 Å². The molecule has 0 aromatic rings. The quantitative estimate of drug-likeness (QED) is 0.581. The first-order chi connectivity index (χ1) is 7.67. The van der Waals surface area contributed by atoms with Gasteiger partial charge >= 0.3 is 115 Å². The predicted molar refractivity (Wildman–Crippen MR) is 70.9 cm³/mol. The zero-order chi connectivity index (χ0) is 13.0. The first-order valence-electron chi connectivity index (χ1n) is 6.59. The van der Waals surface area contributed by atoms with Crippen LogP contribution in [-0.4, -0.2) is 11.1 Å². The van der Waals surface area contributed by atoms with Crippen molar-refractivity contribution in [1.29, 1.82) is 0 Å². The molecular formula is C15H25Cl2NTi. The van der Waals surface area contributed by atoms with Crippen molar-refractivity contribution in [3.05, 3.63) is 22.3 Å². The number of halogens is 2. The molecule has 0 bridgehead atoms. The van der Waals surface area contributed by atoms with E-state index in [1.165, 1.54) is 10.3 Å². The first-order valence-corrected chi connectivity index (χ1v) is 8.59. The normalized spacial score (nSPS) is 29.3. The van der Waals surface area contributed by atoms with Crippen LogP contribution in [-0.2, 0) is 19.2 Å². The van der Waals surface area contributed by atoms with Crippen molar-refractivity contribution in [3.63, 3.8) is 0 Å². The number of hydrogen-bond acceptors (Lipinski definition) is 1. The summed E-state index contributed by atoms with van der Waals surface area (Å²) in [4.78, 5) is 0. The van der Waals surface area contributed by atoms with E-state index in [9.17, 15) is 0 Å². The van der Waals surface area contributed by atoms with Crippen molar-refractivity contribution >= 4 is 0 Å². The predicted octanol–water partition coefficient (Wildman–Crippen LogP) is -1.89. The van der Waals surface area contributed by atoms with Gasteiger partial charge in [-0.2, -0.15) is 0 Å². The van der Waals surface area contributed by atoms with E-state index < -0.39 is 0 Å². The van der Waals surface area contributed by atoms with Crippen molar-refractivity contribution in [3.8, 4) is 0 Å². The second-order valence-corrected chi connectivity index (χ2v) is 9.11. The average Bonchev–Trinajstić information content (AvgIpc) is 2.93. The first kappa shape index (κ1) is 19.7. The molecule has 0 aromatic heterocycles. The second kappa shape index (κ2) is 6.24. The van der Waals surface area contributed by atoms with E-state index in [1.807, 2.05) is 0 Å². The Hall–Kier alpha value is 0.734. The van der Waals surface area contributed by atoms with E-state index in [1.54, 1.807) is 16.7 Å². The minimum absolute atomic E-state index is 0. The molecule has 0 radical (unpaired) electrons. The maximum atomic E-state index is 3.88. The van der Waals surface area contributed by atoms with Crippen LogP contribution in [0.5, 0.6) is 0 Å². The van der Waals surface area contributed by atoms with Gasteiger partial charge < -0.3 is 24.8 Å². The van der Waals surface area contributed by atoms with Gasteiger partial charge in [-0.3, -0.25) is 0 Å². The summed E-state index contributed by atoms with van der Waals surface area (Å²) >= 11 is 0.343. The third kappa shape index (κ3) is 3.68. The molecule has 0 amide bonds. The van der Waals surface area contributed by atoms with Gasteiger partial charge in [0.1, 0.15) is 0 Å². The average molecular weight is 338 g/mol. The van der Waals surface area contributed by atoms with E-state index in [0.717, 1.165) is 4.22 Å².